The molecule has 1 aromatic heterocycles. The quantitative estimate of drug-likeness (QED) is 0.901. The van der Waals surface area contributed by atoms with Crippen LogP contribution in [0.2, 0.25) is 0 Å². The van der Waals surface area contributed by atoms with Gasteiger partial charge in [0, 0.05) is 25.5 Å². The molecule has 6 heteroatoms. The van der Waals surface area contributed by atoms with E-state index < -0.39 is 11.7 Å². The van der Waals surface area contributed by atoms with Crippen LogP contribution in [0.15, 0.2) is 36.7 Å². The molecule has 0 saturated heterocycles. The molecular weight excluding hydrogens is 267 g/mol. The second-order valence-corrected chi connectivity index (χ2v) is 4.45. The van der Waals surface area contributed by atoms with Crippen LogP contribution in [0, 0.1) is 0 Å². The number of benzene rings is 1. The van der Waals surface area contributed by atoms with Gasteiger partial charge in [0.25, 0.3) is 0 Å². The number of hydrogen-bond acceptors (Lipinski definition) is 2. The van der Waals surface area contributed by atoms with E-state index in [1.165, 1.54) is 12.1 Å². The van der Waals surface area contributed by atoms with E-state index in [0.29, 0.717) is 5.95 Å². The first-order valence-corrected chi connectivity index (χ1v) is 6.42. The summed E-state index contributed by atoms with van der Waals surface area (Å²) in [4.78, 5) is 4.11. The summed E-state index contributed by atoms with van der Waals surface area (Å²) >= 11 is 0. The SMILES string of the molecule is CCCn1ccnc1NCc1ccccc1C(F)(F)F. The Kier molecular flexibility index (Phi) is 4.32. The smallest absolute Gasteiger partial charge is 0.352 e. The van der Waals surface area contributed by atoms with Crippen molar-refractivity contribution in [1.29, 1.82) is 0 Å². The summed E-state index contributed by atoms with van der Waals surface area (Å²) in [6.45, 7) is 2.91. The largest absolute Gasteiger partial charge is 0.416 e. The first-order valence-electron chi connectivity index (χ1n) is 6.42. The van der Waals surface area contributed by atoms with Crippen LogP contribution in [0.3, 0.4) is 0 Å². The Morgan fingerprint density at radius 2 is 2.00 bits per heavy atom. The van der Waals surface area contributed by atoms with Crippen molar-refractivity contribution in [2.75, 3.05) is 5.32 Å². The van der Waals surface area contributed by atoms with E-state index in [1.807, 2.05) is 17.7 Å². The number of alkyl halides is 3. The minimum Gasteiger partial charge on any atom is -0.352 e. The number of nitrogens with one attached hydrogen (secondary N) is 1. The molecule has 1 heterocycles. The molecule has 108 valence electrons. The number of imidazole rings is 1. The van der Waals surface area contributed by atoms with Crippen molar-refractivity contribution < 1.29 is 13.2 Å². The lowest BCUT2D eigenvalue weighted by atomic mass is 10.1. The minimum absolute atomic E-state index is 0.0937. The standard InChI is InChI=1S/C14H16F3N3/c1-2-8-20-9-7-18-13(20)19-10-11-5-3-4-6-12(11)14(15,16)17/h3-7,9H,2,8,10H2,1H3,(H,18,19). The zero-order valence-electron chi connectivity index (χ0n) is 11.1. The number of aromatic nitrogens is 2. The molecular formula is C14H16F3N3. The maximum Gasteiger partial charge on any atom is 0.416 e. The van der Waals surface area contributed by atoms with Crippen molar-refractivity contribution in [2.24, 2.45) is 0 Å². The topological polar surface area (TPSA) is 29.9 Å². The maximum atomic E-state index is 12.9. The lowest BCUT2D eigenvalue weighted by molar-refractivity contribution is -0.138. The monoisotopic (exact) mass is 283 g/mol. The van der Waals surface area contributed by atoms with Crippen LogP contribution in [-0.2, 0) is 19.3 Å². The van der Waals surface area contributed by atoms with Gasteiger partial charge in [0.05, 0.1) is 5.56 Å². The van der Waals surface area contributed by atoms with E-state index in [1.54, 1.807) is 12.3 Å². The summed E-state index contributed by atoms with van der Waals surface area (Å²) in [6, 6.07) is 5.56. The van der Waals surface area contributed by atoms with Gasteiger partial charge in [0.15, 0.2) is 0 Å². The minimum atomic E-state index is -4.34. The fourth-order valence-electron chi connectivity index (χ4n) is 2.02. The normalized spacial score (nSPS) is 11.6. The maximum absolute atomic E-state index is 12.9. The molecule has 0 aliphatic rings. The highest BCUT2D eigenvalue weighted by atomic mass is 19.4. The molecule has 0 fully saturated rings. The van der Waals surface area contributed by atoms with Crippen molar-refractivity contribution in [3.63, 3.8) is 0 Å². The number of nitrogens with zero attached hydrogens (tertiary/aromatic N) is 2. The Hall–Kier alpha value is -1.98. The lowest BCUT2D eigenvalue weighted by Crippen LogP contribution is -2.13. The summed E-state index contributed by atoms with van der Waals surface area (Å²) in [7, 11) is 0. The number of aryl methyl sites for hydroxylation is 1. The first kappa shape index (κ1) is 14.4. The van der Waals surface area contributed by atoms with Crippen LogP contribution < -0.4 is 5.32 Å². The second-order valence-electron chi connectivity index (χ2n) is 4.45. The summed E-state index contributed by atoms with van der Waals surface area (Å²) < 4.78 is 40.5. The number of rotatable bonds is 5. The Balaban J connectivity index is 2.13. The average molecular weight is 283 g/mol. The molecule has 2 aromatic rings. The van der Waals surface area contributed by atoms with E-state index in [9.17, 15) is 13.2 Å². The van der Waals surface area contributed by atoms with Gasteiger partial charge in [-0.3, -0.25) is 0 Å². The Morgan fingerprint density at radius 1 is 1.25 bits per heavy atom. The third kappa shape index (κ3) is 3.31. The van der Waals surface area contributed by atoms with E-state index >= 15 is 0 Å². The molecule has 0 atom stereocenters. The Labute approximate surface area is 115 Å². The summed E-state index contributed by atoms with van der Waals surface area (Å²) in [5.41, 5.74) is -0.396. The number of halogens is 3. The van der Waals surface area contributed by atoms with Crippen molar-refractivity contribution in [1.82, 2.24) is 9.55 Å². The second kappa shape index (κ2) is 5.98. The zero-order chi connectivity index (χ0) is 14.6. The molecule has 0 bridgehead atoms. The van der Waals surface area contributed by atoms with E-state index in [2.05, 4.69) is 10.3 Å². The molecule has 1 aromatic carbocycles. The van der Waals surface area contributed by atoms with Gasteiger partial charge in [0.1, 0.15) is 0 Å². The summed E-state index contributed by atoms with van der Waals surface area (Å²) in [6.07, 6.45) is 0.0381. The highest BCUT2D eigenvalue weighted by Gasteiger charge is 2.32. The molecule has 2 rings (SSSR count). The molecule has 0 saturated carbocycles. The fraction of sp³-hybridized carbons (Fsp3) is 0.357. The van der Waals surface area contributed by atoms with Crippen molar-refractivity contribution >= 4 is 5.95 Å². The van der Waals surface area contributed by atoms with Crippen molar-refractivity contribution in [3.05, 3.63) is 47.8 Å². The number of hydrogen-bond donors (Lipinski definition) is 1. The summed E-state index contributed by atoms with van der Waals surface area (Å²) in [5.74, 6) is 0.587. The molecule has 3 nitrogen and oxygen atoms in total. The molecule has 0 radical (unpaired) electrons. The molecule has 0 amide bonds. The lowest BCUT2D eigenvalue weighted by Gasteiger charge is -2.14. The van der Waals surface area contributed by atoms with Gasteiger partial charge in [-0.1, -0.05) is 25.1 Å². The van der Waals surface area contributed by atoms with Gasteiger partial charge in [-0.2, -0.15) is 13.2 Å². The average Bonchev–Trinajstić information content (AvgIpc) is 2.83. The van der Waals surface area contributed by atoms with Gasteiger partial charge in [-0.15, -0.1) is 0 Å². The van der Waals surface area contributed by atoms with Crippen LogP contribution in [0.25, 0.3) is 0 Å². The van der Waals surface area contributed by atoms with Gasteiger partial charge in [-0.05, 0) is 18.1 Å². The first-order chi connectivity index (χ1) is 9.52. The molecule has 0 aliphatic heterocycles. The van der Waals surface area contributed by atoms with Gasteiger partial charge in [0.2, 0.25) is 5.95 Å². The highest BCUT2D eigenvalue weighted by Crippen LogP contribution is 2.32. The van der Waals surface area contributed by atoms with E-state index in [-0.39, 0.29) is 12.1 Å². The van der Waals surface area contributed by atoms with Crippen LogP contribution in [0.1, 0.15) is 24.5 Å². The van der Waals surface area contributed by atoms with Gasteiger partial charge in [-0.25, -0.2) is 4.98 Å². The van der Waals surface area contributed by atoms with Crippen LogP contribution in [0.5, 0.6) is 0 Å². The van der Waals surface area contributed by atoms with E-state index in [0.717, 1.165) is 19.0 Å². The third-order valence-corrected chi connectivity index (χ3v) is 2.94. The van der Waals surface area contributed by atoms with Crippen molar-refractivity contribution in [2.45, 2.75) is 32.6 Å². The zero-order valence-corrected chi connectivity index (χ0v) is 11.1. The van der Waals surface area contributed by atoms with Crippen LogP contribution in [0.4, 0.5) is 19.1 Å². The summed E-state index contributed by atoms with van der Waals surface area (Å²) in [5, 5.41) is 2.96. The predicted octanol–water partition coefficient (Wildman–Crippen LogP) is 3.92. The fourth-order valence-corrected chi connectivity index (χ4v) is 2.02. The van der Waals surface area contributed by atoms with E-state index in [4.69, 9.17) is 0 Å². The van der Waals surface area contributed by atoms with Crippen molar-refractivity contribution in [3.8, 4) is 0 Å². The van der Waals surface area contributed by atoms with Gasteiger partial charge < -0.3 is 9.88 Å². The van der Waals surface area contributed by atoms with Crippen LogP contribution >= 0.6 is 0 Å². The van der Waals surface area contributed by atoms with Crippen LogP contribution in [-0.4, -0.2) is 9.55 Å². The molecule has 20 heavy (non-hydrogen) atoms. The Morgan fingerprint density at radius 3 is 2.70 bits per heavy atom. The Bertz CT molecular complexity index is 561. The predicted molar refractivity (Wildman–Crippen MR) is 71.3 cm³/mol. The third-order valence-electron chi connectivity index (χ3n) is 2.94. The molecule has 0 unspecified atom stereocenters. The van der Waals surface area contributed by atoms with Gasteiger partial charge >= 0.3 is 6.18 Å². The highest BCUT2D eigenvalue weighted by molar-refractivity contribution is 5.34. The molecule has 0 spiro atoms. The number of anilines is 1. The molecule has 1 N–H and O–H groups in total. The molecule has 0 aliphatic carbocycles.